The molecule has 0 aliphatic heterocycles. The minimum absolute atomic E-state index is 0.964. The van der Waals surface area contributed by atoms with Crippen LogP contribution in [0.1, 0.15) is 78.4 Å². The number of fused-ring (bicyclic) bond motifs is 7. The molecular weight excluding hydrogens is 1030 g/mol. The first-order valence-electron chi connectivity index (χ1n) is 28.1. The van der Waals surface area contributed by atoms with Crippen LogP contribution in [-0.2, 0) is 0 Å². The largest absolute Gasteiger partial charge is 0.256 e. The molecule has 0 unspecified atom stereocenters. The Balaban J connectivity index is 0.000000128. The number of nitrogens with zero attached hydrogens (tertiary/aromatic N) is 11. The minimum Gasteiger partial charge on any atom is -0.256 e. The highest BCUT2D eigenvalue weighted by Crippen LogP contribution is 2.21. The van der Waals surface area contributed by atoms with Crippen LogP contribution in [0.5, 0.6) is 0 Å². The number of pyridine rings is 3. The van der Waals surface area contributed by atoms with E-state index in [0.29, 0.717) is 0 Å². The fourth-order valence-electron chi connectivity index (χ4n) is 9.06. The summed E-state index contributed by atoms with van der Waals surface area (Å²) in [7, 11) is 0. The van der Waals surface area contributed by atoms with Crippen LogP contribution in [0.15, 0.2) is 189 Å². The number of para-hydroxylation sites is 2. The topological polar surface area (TPSA) is 142 Å². The molecule has 420 valence electrons. The SMILES string of the molecule is Cc1cc2cccnc2cc1C.Cc1cc2nccnc2cc1C.Cc1ccc(C)c2ncccc12.Cc1ccc(C)c2nccnc12.Cc1ccc2ccc(C)nc2c1.Cc1ccc2nc(C)cnc2c1.Cc1nc2ccccc2nc1C. The molecule has 0 amide bonds. The van der Waals surface area contributed by atoms with Crippen molar-refractivity contribution in [3.63, 3.8) is 0 Å². The first-order chi connectivity index (χ1) is 40.4. The van der Waals surface area contributed by atoms with Crippen molar-refractivity contribution in [2.45, 2.75) is 96.9 Å². The highest BCUT2D eigenvalue weighted by atomic mass is 14.8. The summed E-state index contributed by atoms with van der Waals surface area (Å²) >= 11 is 0. The Hall–Kier alpha value is -9.87. The van der Waals surface area contributed by atoms with Crippen molar-refractivity contribution < 1.29 is 0 Å². The van der Waals surface area contributed by atoms with E-state index in [1.807, 2.05) is 94.7 Å². The van der Waals surface area contributed by atoms with Gasteiger partial charge in [-0.1, -0.05) is 72.8 Å². The zero-order chi connectivity index (χ0) is 59.9. The van der Waals surface area contributed by atoms with Gasteiger partial charge in [-0.25, -0.2) is 15.0 Å². The smallest absolute Gasteiger partial charge is 0.0918 e. The van der Waals surface area contributed by atoms with Crippen LogP contribution in [0, 0.1) is 96.9 Å². The lowest BCUT2D eigenvalue weighted by Crippen LogP contribution is -1.92. The van der Waals surface area contributed by atoms with E-state index in [1.165, 1.54) is 71.8 Å². The third-order valence-electron chi connectivity index (χ3n) is 14.3. The standard InChI is InChI=1S/3C11H11N.4C10H10N2/c1-8-3-5-10-6-4-9(2)12-11(10)7-8;1-8-5-6-9(2)11-10(8)4-3-7-12-11;1-8-6-10-4-3-5-12-11(10)7-9(8)2;1-7-5-9-10(6-8(7)2)12-4-3-11-9;1-7-3-4-9-10(5-7)11-6-8(2)12-9;1-7-3-4-8(2)10-9(7)11-5-6-12-10;1-7-8(2)12-10-6-4-3-5-9(10)11-7/h3*3-7H,1-2H3;4*3-6H,1-2H3. The predicted octanol–water partition coefficient (Wildman–Crippen LogP) is 17.5. The highest BCUT2D eigenvalue weighted by molar-refractivity contribution is 5.85. The van der Waals surface area contributed by atoms with E-state index in [9.17, 15) is 0 Å². The van der Waals surface area contributed by atoms with Crippen LogP contribution in [-0.4, -0.2) is 54.8 Å². The summed E-state index contributed by atoms with van der Waals surface area (Å²) in [6.45, 7) is 28.8. The van der Waals surface area contributed by atoms with Gasteiger partial charge in [-0.2, -0.15) is 0 Å². The molecule has 7 aromatic carbocycles. The van der Waals surface area contributed by atoms with Gasteiger partial charge in [0.05, 0.1) is 77.8 Å². The van der Waals surface area contributed by atoms with Crippen LogP contribution in [0.2, 0.25) is 0 Å². The molecule has 0 aliphatic rings. The van der Waals surface area contributed by atoms with E-state index < -0.39 is 0 Å². The van der Waals surface area contributed by atoms with Crippen LogP contribution in [0.3, 0.4) is 0 Å². The average Bonchev–Trinajstić information content (AvgIpc) is 3.60. The Bertz CT molecular complexity index is 4010. The fourth-order valence-corrected chi connectivity index (χ4v) is 9.06. The van der Waals surface area contributed by atoms with Crippen molar-refractivity contribution in [1.82, 2.24) is 54.8 Å². The molecule has 84 heavy (non-hydrogen) atoms. The Kier molecular flexibility index (Phi) is 20.2. The van der Waals surface area contributed by atoms with Gasteiger partial charge in [0.15, 0.2) is 0 Å². The molecule has 0 spiro atoms. The Morgan fingerprint density at radius 3 is 1.29 bits per heavy atom. The molecule has 0 aliphatic carbocycles. The average molecular weight is 1100 g/mol. The maximum Gasteiger partial charge on any atom is 0.0918 e. The molecular formula is C73H73N11. The van der Waals surface area contributed by atoms with Crippen LogP contribution in [0.25, 0.3) is 76.8 Å². The summed E-state index contributed by atoms with van der Waals surface area (Å²) in [5.74, 6) is 0. The van der Waals surface area contributed by atoms with E-state index in [0.717, 1.165) is 83.5 Å². The maximum atomic E-state index is 4.44. The van der Waals surface area contributed by atoms with E-state index in [-0.39, 0.29) is 0 Å². The van der Waals surface area contributed by atoms with Crippen LogP contribution < -0.4 is 0 Å². The number of aromatic nitrogens is 11. The lowest BCUT2D eigenvalue weighted by Gasteiger charge is -2.02. The van der Waals surface area contributed by atoms with Gasteiger partial charge in [-0.05, 0) is 225 Å². The maximum absolute atomic E-state index is 4.44. The zero-order valence-electron chi connectivity index (χ0n) is 50.8. The second-order valence-corrected chi connectivity index (χ2v) is 21.2. The summed E-state index contributed by atoms with van der Waals surface area (Å²) < 4.78 is 0. The van der Waals surface area contributed by atoms with E-state index in [4.69, 9.17) is 0 Å². The second kappa shape index (κ2) is 28.2. The van der Waals surface area contributed by atoms with Gasteiger partial charge < -0.3 is 0 Å². The fraction of sp³-hybridized carbons (Fsp3) is 0.192. The summed E-state index contributed by atoms with van der Waals surface area (Å²) in [5.41, 5.74) is 27.8. The van der Waals surface area contributed by atoms with Gasteiger partial charge in [0, 0.05) is 65.2 Å². The number of rotatable bonds is 0. The van der Waals surface area contributed by atoms with E-state index in [1.54, 1.807) is 31.0 Å². The molecule has 0 N–H and O–H groups in total. The Morgan fingerprint density at radius 2 is 0.679 bits per heavy atom. The lowest BCUT2D eigenvalue weighted by molar-refractivity contribution is 1.10. The van der Waals surface area contributed by atoms with Crippen LogP contribution in [0.4, 0.5) is 0 Å². The zero-order valence-corrected chi connectivity index (χ0v) is 50.8. The molecule has 0 saturated carbocycles. The molecule has 0 radical (unpaired) electrons. The Morgan fingerprint density at radius 1 is 0.238 bits per heavy atom. The van der Waals surface area contributed by atoms with Gasteiger partial charge in [0.2, 0.25) is 0 Å². The van der Waals surface area contributed by atoms with Crippen molar-refractivity contribution in [3.05, 3.63) is 267 Å². The normalized spacial score (nSPS) is 10.5. The van der Waals surface area contributed by atoms with Crippen molar-refractivity contribution in [2.24, 2.45) is 0 Å². The summed E-state index contributed by atoms with van der Waals surface area (Å²) in [5, 5.41) is 3.70. The van der Waals surface area contributed by atoms with Gasteiger partial charge in [-0.15, -0.1) is 0 Å². The van der Waals surface area contributed by atoms with Crippen LogP contribution >= 0.6 is 0 Å². The molecule has 0 atom stereocenters. The summed E-state index contributed by atoms with van der Waals surface area (Å²) in [4.78, 5) is 47.5. The van der Waals surface area contributed by atoms with Crippen molar-refractivity contribution >= 4 is 76.8 Å². The van der Waals surface area contributed by atoms with Gasteiger partial charge in [-0.3, -0.25) is 39.9 Å². The number of benzene rings is 7. The number of aryl methyl sites for hydroxylation is 14. The summed E-state index contributed by atoms with van der Waals surface area (Å²) in [6, 6.07) is 49.5. The molecule has 0 fully saturated rings. The molecule has 14 aromatic rings. The number of hydrogen-bond donors (Lipinski definition) is 0. The van der Waals surface area contributed by atoms with Crippen molar-refractivity contribution in [3.8, 4) is 0 Å². The third kappa shape index (κ3) is 16.0. The third-order valence-corrected chi connectivity index (χ3v) is 14.3. The first-order valence-corrected chi connectivity index (χ1v) is 28.1. The molecule has 7 aromatic heterocycles. The summed E-state index contributed by atoms with van der Waals surface area (Å²) in [6.07, 6.45) is 12.4. The van der Waals surface area contributed by atoms with Crippen molar-refractivity contribution in [1.29, 1.82) is 0 Å². The van der Waals surface area contributed by atoms with Gasteiger partial charge in [0.25, 0.3) is 0 Å². The number of hydrogen-bond acceptors (Lipinski definition) is 11. The lowest BCUT2D eigenvalue weighted by atomic mass is 10.1. The molecule has 0 saturated heterocycles. The first kappa shape index (κ1) is 60.2. The van der Waals surface area contributed by atoms with Gasteiger partial charge >= 0.3 is 0 Å². The molecule has 7 heterocycles. The molecule has 11 heteroatoms. The quantitative estimate of drug-likeness (QED) is 0.143. The molecule has 11 nitrogen and oxygen atoms in total. The van der Waals surface area contributed by atoms with Gasteiger partial charge in [0.1, 0.15) is 0 Å². The molecule has 0 bridgehead atoms. The van der Waals surface area contributed by atoms with E-state index in [2.05, 4.69) is 215 Å². The monoisotopic (exact) mass is 1100 g/mol. The van der Waals surface area contributed by atoms with E-state index >= 15 is 0 Å². The Labute approximate surface area is 493 Å². The van der Waals surface area contributed by atoms with Crippen molar-refractivity contribution in [2.75, 3.05) is 0 Å². The minimum atomic E-state index is 0.964. The molecule has 14 rings (SSSR count). The second-order valence-electron chi connectivity index (χ2n) is 21.2. The predicted molar refractivity (Wildman–Crippen MR) is 350 cm³/mol. The highest BCUT2D eigenvalue weighted by Gasteiger charge is 2.04.